The summed E-state index contributed by atoms with van der Waals surface area (Å²) in [5.74, 6) is -0.627. The maximum atomic E-state index is 12.3. The SMILES string of the molecule is O=C(O)CCCCCCCCC(=O)NCc1ccc2ccc3cccc4ccc1c2c34. The quantitative estimate of drug-likeness (QED) is 0.220. The van der Waals surface area contributed by atoms with Gasteiger partial charge in [-0.05, 0) is 50.7 Å². The normalized spacial score (nSPS) is 11.5. The molecular formula is C27H29NO3. The van der Waals surface area contributed by atoms with E-state index in [1.807, 2.05) is 0 Å². The highest BCUT2D eigenvalue weighted by molar-refractivity contribution is 6.23. The largest absolute Gasteiger partial charge is 0.481 e. The van der Waals surface area contributed by atoms with E-state index in [0.29, 0.717) is 13.0 Å². The minimum Gasteiger partial charge on any atom is -0.481 e. The van der Waals surface area contributed by atoms with Gasteiger partial charge in [0, 0.05) is 19.4 Å². The zero-order valence-electron chi connectivity index (χ0n) is 17.8. The molecule has 0 aromatic heterocycles. The van der Waals surface area contributed by atoms with Crippen molar-refractivity contribution in [3.8, 4) is 0 Å². The molecule has 4 aromatic carbocycles. The Balaban J connectivity index is 1.31. The van der Waals surface area contributed by atoms with Gasteiger partial charge >= 0.3 is 5.97 Å². The summed E-state index contributed by atoms with van der Waals surface area (Å²) in [7, 11) is 0. The molecule has 4 heteroatoms. The number of amides is 1. The molecule has 0 heterocycles. The minimum absolute atomic E-state index is 0.0940. The Morgan fingerprint density at radius 2 is 1.26 bits per heavy atom. The van der Waals surface area contributed by atoms with Crippen molar-refractivity contribution >= 4 is 44.2 Å². The predicted molar refractivity (Wildman–Crippen MR) is 127 cm³/mol. The van der Waals surface area contributed by atoms with Crippen molar-refractivity contribution in [2.24, 2.45) is 0 Å². The van der Waals surface area contributed by atoms with Crippen LogP contribution in [0.3, 0.4) is 0 Å². The summed E-state index contributed by atoms with van der Waals surface area (Å²) >= 11 is 0. The third-order valence-electron chi connectivity index (χ3n) is 6.14. The summed E-state index contributed by atoms with van der Waals surface area (Å²) in [4.78, 5) is 22.8. The molecule has 4 aromatic rings. The van der Waals surface area contributed by atoms with E-state index in [9.17, 15) is 9.59 Å². The molecule has 0 aliphatic rings. The maximum Gasteiger partial charge on any atom is 0.303 e. The smallest absolute Gasteiger partial charge is 0.303 e. The fourth-order valence-electron chi connectivity index (χ4n) is 4.50. The van der Waals surface area contributed by atoms with Crippen LogP contribution in [-0.4, -0.2) is 17.0 Å². The molecule has 0 unspecified atom stereocenters. The van der Waals surface area contributed by atoms with Crippen LogP contribution in [0.25, 0.3) is 32.3 Å². The van der Waals surface area contributed by atoms with Crippen molar-refractivity contribution in [2.45, 2.75) is 57.9 Å². The number of carbonyl (C=O) groups excluding carboxylic acids is 1. The van der Waals surface area contributed by atoms with Crippen LogP contribution in [0.2, 0.25) is 0 Å². The molecule has 0 saturated heterocycles. The summed E-state index contributed by atoms with van der Waals surface area (Å²) in [6.07, 6.45) is 6.48. The zero-order valence-corrected chi connectivity index (χ0v) is 17.8. The van der Waals surface area contributed by atoms with Crippen LogP contribution in [0.1, 0.15) is 56.9 Å². The molecule has 2 N–H and O–H groups in total. The Bertz CT molecular complexity index is 1180. The Morgan fingerprint density at radius 1 is 0.677 bits per heavy atom. The number of aliphatic carboxylic acids is 1. The number of carboxylic acids is 1. The molecule has 31 heavy (non-hydrogen) atoms. The average Bonchev–Trinajstić information content (AvgIpc) is 2.78. The van der Waals surface area contributed by atoms with Crippen LogP contribution >= 0.6 is 0 Å². The molecule has 160 valence electrons. The van der Waals surface area contributed by atoms with E-state index in [1.54, 1.807) is 0 Å². The van der Waals surface area contributed by atoms with Gasteiger partial charge < -0.3 is 10.4 Å². The van der Waals surface area contributed by atoms with E-state index in [1.165, 1.54) is 32.3 Å². The number of unbranched alkanes of at least 4 members (excludes halogenated alkanes) is 5. The number of rotatable bonds is 11. The van der Waals surface area contributed by atoms with Crippen molar-refractivity contribution in [3.63, 3.8) is 0 Å². The van der Waals surface area contributed by atoms with Gasteiger partial charge in [-0.3, -0.25) is 9.59 Å². The van der Waals surface area contributed by atoms with Gasteiger partial charge in [-0.1, -0.05) is 80.3 Å². The van der Waals surface area contributed by atoms with Crippen molar-refractivity contribution in [1.29, 1.82) is 0 Å². The third-order valence-corrected chi connectivity index (χ3v) is 6.14. The van der Waals surface area contributed by atoms with Crippen LogP contribution in [0, 0.1) is 0 Å². The van der Waals surface area contributed by atoms with Crippen LogP contribution in [-0.2, 0) is 16.1 Å². The third kappa shape index (κ3) is 4.96. The maximum absolute atomic E-state index is 12.3. The van der Waals surface area contributed by atoms with E-state index >= 15 is 0 Å². The topological polar surface area (TPSA) is 66.4 Å². The average molecular weight is 416 g/mol. The molecule has 0 radical (unpaired) electrons. The second-order valence-corrected chi connectivity index (χ2v) is 8.37. The summed E-state index contributed by atoms with van der Waals surface area (Å²) < 4.78 is 0. The van der Waals surface area contributed by atoms with E-state index in [0.717, 1.165) is 44.1 Å². The molecule has 4 rings (SSSR count). The molecular weight excluding hydrogens is 386 g/mol. The first-order valence-corrected chi connectivity index (χ1v) is 11.3. The summed E-state index contributed by atoms with van der Waals surface area (Å²) in [6, 6.07) is 19.4. The Morgan fingerprint density at radius 3 is 1.97 bits per heavy atom. The first kappa shape index (κ1) is 21.1. The van der Waals surface area contributed by atoms with Gasteiger partial charge in [0.1, 0.15) is 0 Å². The summed E-state index contributed by atoms with van der Waals surface area (Å²) in [5, 5.41) is 19.3. The van der Waals surface area contributed by atoms with E-state index < -0.39 is 5.97 Å². The second-order valence-electron chi connectivity index (χ2n) is 8.37. The Labute approximate surface area is 182 Å². The fourth-order valence-corrected chi connectivity index (χ4v) is 4.50. The lowest BCUT2D eigenvalue weighted by Gasteiger charge is -2.14. The van der Waals surface area contributed by atoms with Crippen LogP contribution in [0.15, 0.2) is 54.6 Å². The van der Waals surface area contributed by atoms with Crippen molar-refractivity contribution in [1.82, 2.24) is 5.32 Å². The number of hydrogen-bond donors (Lipinski definition) is 2. The van der Waals surface area contributed by atoms with Crippen molar-refractivity contribution in [2.75, 3.05) is 0 Å². The van der Waals surface area contributed by atoms with E-state index in [-0.39, 0.29) is 12.3 Å². The molecule has 0 bridgehead atoms. The zero-order chi connectivity index (χ0) is 21.6. The molecule has 0 saturated carbocycles. The van der Waals surface area contributed by atoms with E-state index in [2.05, 4.69) is 59.9 Å². The fraction of sp³-hybridized carbons (Fsp3) is 0.333. The van der Waals surface area contributed by atoms with Crippen molar-refractivity contribution < 1.29 is 14.7 Å². The number of carboxylic acid groups (broad SMARTS) is 1. The van der Waals surface area contributed by atoms with Gasteiger partial charge in [-0.15, -0.1) is 0 Å². The molecule has 1 amide bonds. The Kier molecular flexibility index (Phi) is 6.66. The highest BCUT2D eigenvalue weighted by atomic mass is 16.4. The Hall–Kier alpha value is -3.14. The molecule has 4 nitrogen and oxygen atoms in total. The van der Waals surface area contributed by atoms with Crippen molar-refractivity contribution in [3.05, 3.63) is 60.2 Å². The molecule has 0 spiro atoms. The molecule has 0 aliphatic heterocycles. The van der Waals surface area contributed by atoms with Gasteiger partial charge in [-0.2, -0.15) is 0 Å². The summed E-state index contributed by atoms with van der Waals surface area (Å²) in [6.45, 7) is 0.544. The van der Waals surface area contributed by atoms with Gasteiger partial charge in [0.25, 0.3) is 0 Å². The van der Waals surface area contributed by atoms with Gasteiger partial charge in [-0.25, -0.2) is 0 Å². The number of carbonyl (C=O) groups is 2. The highest BCUT2D eigenvalue weighted by Gasteiger charge is 2.11. The van der Waals surface area contributed by atoms with Crippen LogP contribution in [0.5, 0.6) is 0 Å². The second kappa shape index (κ2) is 9.78. The summed E-state index contributed by atoms with van der Waals surface area (Å²) in [5.41, 5.74) is 1.15. The number of benzene rings is 4. The molecule has 0 aliphatic carbocycles. The van der Waals surface area contributed by atoms with Gasteiger partial charge in [0.2, 0.25) is 5.91 Å². The first-order chi connectivity index (χ1) is 15.1. The molecule has 0 fully saturated rings. The van der Waals surface area contributed by atoms with Gasteiger partial charge in [0.15, 0.2) is 0 Å². The number of nitrogens with one attached hydrogen (secondary N) is 1. The lowest BCUT2D eigenvalue weighted by molar-refractivity contribution is -0.137. The van der Waals surface area contributed by atoms with Crippen LogP contribution < -0.4 is 5.32 Å². The lowest BCUT2D eigenvalue weighted by atomic mass is 9.92. The predicted octanol–water partition coefficient (Wildman–Crippen LogP) is 6.41. The van der Waals surface area contributed by atoms with E-state index in [4.69, 9.17) is 5.11 Å². The number of hydrogen-bond acceptors (Lipinski definition) is 2. The van der Waals surface area contributed by atoms with Crippen LogP contribution in [0.4, 0.5) is 0 Å². The minimum atomic E-state index is -0.721. The lowest BCUT2D eigenvalue weighted by Crippen LogP contribution is -2.22. The first-order valence-electron chi connectivity index (χ1n) is 11.3. The highest BCUT2D eigenvalue weighted by Crippen LogP contribution is 2.35. The monoisotopic (exact) mass is 415 g/mol. The van der Waals surface area contributed by atoms with Gasteiger partial charge in [0.05, 0.1) is 0 Å². The standard InChI is InChI=1S/C27H29NO3/c29-24(10-5-3-1-2-4-6-11-25(30)31)28-18-22-15-14-21-13-12-19-8-7-9-20-16-17-23(22)27(21)26(19)20/h7-9,12-17H,1-6,10-11,18H2,(H,28,29)(H,30,31). The molecule has 0 atom stereocenters.